The molecule has 0 unspecified atom stereocenters. The van der Waals surface area contributed by atoms with Gasteiger partial charge in [0.1, 0.15) is 6.61 Å². The van der Waals surface area contributed by atoms with E-state index in [1.54, 1.807) is 43.5 Å². The Kier molecular flexibility index (Phi) is 8.17. The van der Waals surface area contributed by atoms with Gasteiger partial charge >= 0.3 is 0 Å². The van der Waals surface area contributed by atoms with Crippen LogP contribution in [0.4, 0.5) is 5.69 Å². The highest BCUT2D eigenvalue weighted by Crippen LogP contribution is 2.26. The second-order valence-electron chi connectivity index (χ2n) is 8.07. The first-order valence-electron chi connectivity index (χ1n) is 10.9. The van der Waals surface area contributed by atoms with Gasteiger partial charge in [-0.1, -0.05) is 30.3 Å². The van der Waals surface area contributed by atoms with Gasteiger partial charge in [0.2, 0.25) is 10.0 Å². The zero-order valence-electron chi connectivity index (χ0n) is 19.9. The first-order valence-corrected chi connectivity index (χ1v) is 12.7. The Balaban J connectivity index is 1.60. The average Bonchev–Trinajstić information content (AvgIpc) is 2.79. The van der Waals surface area contributed by atoms with Crippen molar-refractivity contribution in [2.45, 2.75) is 20.4 Å². The molecule has 0 heterocycles. The third-order valence-corrected chi connectivity index (χ3v) is 6.29. The minimum absolute atomic E-state index is 0.177. The van der Waals surface area contributed by atoms with E-state index >= 15 is 0 Å². The minimum atomic E-state index is -3.49. The van der Waals surface area contributed by atoms with E-state index in [1.165, 1.54) is 10.6 Å². The van der Waals surface area contributed by atoms with Crippen LogP contribution in [-0.2, 0) is 16.6 Å². The number of benzene rings is 3. The molecule has 1 N–H and O–H groups in total. The fraction of sp³-hybridized carbons (Fsp3) is 0.269. The number of rotatable bonds is 10. The van der Waals surface area contributed by atoms with Crippen molar-refractivity contribution in [2.24, 2.45) is 0 Å². The number of nitrogens with zero attached hydrogens (tertiary/aromatic N) is 1. The molecule has 3 aromatic rings. The number of ether oxygens (including phenoxy) is 2. The monoisotopic (exact) mass is 482 g/mol. The highest BCUT2D eigenvalue weighted by molar-refractivity contribution is 7.92. The smallest absolute Gasteiger partial charge is 0.251 e. The highest BCUT2D eigenvalue weighted by atomic mass is 32.2. The maximum absolute atomic E-state index is 12.5. The standard InChI is InChI=1S/C26H30N2O5S/c1-19-15-20(2)17-23(16-19)28(34(4,30)31)18-21-9-11-22(12-10-21)26(29)27-13-14-33-25-8-6-5-7-24(25)32-3/h5-12,15-17H,13-14,18H2,1-4H3,(H,27,29). The molecule has 0 fully saturated rings. The van der Waals surface area contributed by atoms with Crippen molar-refractivity contribution in [1.82, 2.24) is 5.32 Å². The van der Waals surface area contributed by atoms with Gasteiger partial charge in [-0.05, 0) is 66.9 Å². The summed E-state index contributed by atoms with van der Waals surface area (Å²) in [4.78, 5) is 12.5. The Hall–Kier alpha value is -3.52. The van der Waals surface area contributed by atoms with Gasteiger partial charge in [-0.3, -0.25) is 9.10 Å². The molecule has 0 aliphatic carbocycles. The second kappa shape index (κ2) is 11.1. The predicted octanol–water partition coefficient (Wildman–Crippen LogP) is 4.09. The van der Waals surface area contributed by atoms with Crippen LogP contribution in [0.2, 0.25) is 0 Å². The Morgan fingerprint density at radius 3 is 2.15 bits per heavy atom. The maximum atomic E-state index is 12.5. The lowest BCUT2D eigenvalue weighted by Gasteiger charge is -2.23. The molecule has 0 atom stereocenters. The third-order valence-electron chi connectivity index (χ3n) is 5.15. The Labute approximate surface area is 201 Å². The summed E-state index contributed by atoms with van der Waals surface area (Å²) >= 11 is 0. The predicted molar refractivity (Wildman–Crippen MR) is 134 cm³/mol. The molecule has 34 heavy (non-hydrogen) atoms. The van der Waals surface area contributed by atoms with Crippen molar-refractivity contribution in [3.63, 3.8) is 0 Å². The molecule has 8 heteroatoms. The second-order valence-corrected chi connectivity index (χ2v) is 9.97. The molecule has 0 bridgehead atoms. The molecule has 0 aliphatic heterocycles. The number of anilines is 1. The number of methoxy groups -OCH3 is 1. The van der Waals surface area contributed by atoms with Gasteiger partial charge in [-0.2, -0.15) is 0 Å². The molecular formula is C26H30N2O5S. The normalized spacial score (nSPS) is 11.1. The molecular weight excluding hydrogens is 452 g/mol. The number of sulfonamides is 1. The van der Waals surface area contributed by atoms with Gasteiger partial charge in [0.05, 0.1) is 32.1 Å². The molecule has 0 spiro atoms. The van der Waals surface area contributed by atoms with Crippen LogP contribution in [-0.4, -0.2) is 40.8 Å². The molecule has 0 radical (unpaired) electrons. The summed E-state index contributed by atoms with van der Waals surface area (Å²) < 4.78 is 37.2. The van der Waals surface area contributed by atoms with Crippen molar-refractivity contribution < 1.29 is 22.7 Å². The number of para-hydroxylation sites is 2. The highest BCUT2D eigenvalue weighted by Gasteiger charge is 2.19. The zero-order chi connectivity index (χ0) is 24.7. The Bertz CT molecular complexity index is 1220. The van der Waals surface area contributed by atoms with Crippen molar-refractivity contribution in [1.29, 1.82) is 0 Å². The summed E-state index contributed by atoms with van der Waals surface area (Å²) in [6.07, 6.45) is 1.19. The van der Waals surface area contributed by atoms with Crippen LogP contribution >= 0.6 is 0 Å². The van der Waals surface area contributed by atoms with E-state index in [0.29, 0.717) is 35.9 Å². The fourth-order valence-electron chi connectivity index (χ4n) is 3.59. The van der Waals surface area contributed by atoms with Crippen LogP contribution in [0.25, 0.3) is 0 Å². The number of aryl methyl sites for hydroxylation is 2. The Morgan fingerprint density at radius 1 is 0.941 bits per heavy atom. The zero-order valence-corrected chi connectivity index (χ0v) is 20.7. The summed E-state index contributed by atoms with van der Waals surface area (Å²) in [7, 11) is -1.91. The van der Waals surface area contributed by atoms with E-state index in [1.807, 2.05) is 44.2 Å². The van der Waals surface area contributed by atoms with Crippen LogP contribution in [0, 0.1) is 13.8 Å². The van der Waals surface area contributed by atoms with Gasteiger partial charge in [0, 0.05) is 5.56 Å². The number of carbonyl (C=O) groups excluding carboxylic acids is 1. The first kappa shape index (κ1) is 25.1. The minimum Gasteiger partial charge on any atom is -0.493 e. The van der Waals surface area contributed by atoms with Gasteiger partial charge < -0.3 is 14.8 Å². The number of amides is 1. The lowest BCUT2D eigenvalue weighted by molar-refractivity contribution is 0.0947. The van der Waals surface area contributed by atoms with Gasteiger partial charge in [-0.15, -0.1) is 0 Å². The van der Waals surface area contributed by atoms with Crippen molar-refractivity contribution >= 4 is 21.6 Å². The number of carbonyl (C=O) groups is 1. The molecule has 0 saturated heterocycles. The average molecular weight is 483 g/mol. The van der Waals surface area contributed by atoms with Crippen LogP contribution in [0.5, 0.6) is 11.5 Å². The summed E-state index contributed by atoms with van der Waals surface area (Å²) in [6, 6.07) is 19.9. The summed E-state index contributed by atoms with van der Waals surface area (Å²) in [5.41, 5.74) is 3.87. The maximum Gasteiger partial charge on any atom is 0.251 e. The lowest BCUT2D eigenvalue weighted by atomic mass is 10.1. The quantitative estimate of drug-likeness (QED) is 0.440. The van der Waals surface area contributed by atoms with Crippen molar-refractivity contribution in [2.75, 3.05) is 30.8 Å². The SMILES string of the molecule is COc1ccccc1OCCNC(=O)c1ccc(CN(c2cc(C)cc(C)c2)S(C)(=O)=O)cc1. The van der Waals surface area contributed by atoms with E-state index in [0.717, 1.165) is 16.7 Å². The summed E-state index contributed by atoms with van der Waals surface area (Å²) in [5.74, 6) is 1.01. The molecule has 0 aromatic heterocycles. The number of hydrogen-bond acceptors (Lipinski definition) is 5. The molecule has 180 valence electrons. The third kappa shape index (κ3) is 6.74. The molecule has 3 rings (SSSR count). The molecule has 7 nitrogen and oxygen atoms in total. The first-order chi connectivity index (χ1) is 16.2. The molecule has 3 aromatic carbocycles. The summed E-state index contributed by atoms with van der Waals surface area (Å²) in [5, 5.41) is 2.82. The van der Waals surface area contributed by atoms with E-state index in [4.69, 9.17) is 9.47 Å². The molecule has 0 saturated carbocycles. The number of nitrogens with one attached hydrogen (secondary N) is 1. The van der Waals surface area contributed by atoms with Gasteiger partial charge in [0.15, 0.2) is 11.5 Å². The number of hydrogen-bond donors (Lipinski definition) is 1. The van der Waals surface area contributed by atoms with Crippen molar-refractivity contribution in [3.05, 3.63) is 89.0 Å². The van der Waals surface area contributed by atoms with E-state index in [-0.39, 0.29) is 12.5 Å². The van der Waals surface area contributed by atoms with Crippen LogP contribution in [0.3, 0.4) is 0 Å². The topological polar surface area (TPSA) is 84.9 Å². The largest absolute Gasteiger partial charge is 0.493 e. The molecule has 0 aliphatic rings. The van der Waals surface area contributed by atoms with Crippen LogP contribution < -0.4 is 19.1 Å². The van der Waals surface area contributed by atoms with E-state index in [9.17, 15) is 13.2 Å². The summed E-state index contributed by atoms with van der Waals surface area (Å²) in [6.45, 7) is 4.67. The van der Waals surface area contributed by atoms with Gasteiger partial charge in [0.25, 0.3) is 5.91 Å². The fourth-order valence-corrected chi connectivity index (χ4v) is 4.46. The Morgan fingerprint density at radius 2 is 1.56 bits per heavy atom. The van der Waals surface area contributed by atoms with Crippen LogP contribution in [0.15, 0.2) is 66.7 Å². The van der Waals surface area contributed by atoms with E-state index < -0.39 is 10.0 Å². The molecule has 1 amide bonds. The van der Waals surface area contributed by atoms with Crippen molar-refractivity contribution in [3.8, 4) is 11.5 Å². The van der Waals surface area contributed by atoms with Gasteiger partial charge in [-0.25, -0.2) is 8.42 Å². The van der Waals surface area contributed by atoms with E-state index in [2.05, 4.69) is 5.32 Å². The lowest BCUT2D eigenvalue weighted by Crippen LogP contribution is -2.30. The van der Waals surface area contributed by atoms with Crippen LogP contribution in [0.1, 0.15) is 27.0 Å².